The number of rotatable bonds is 4. The van der Waals surface area contributed by atoms with Crippen molar-refractivity contribution in [2.45, 2.75) is 31.1 Å². The van der Waals surface area contributed by atoms with Gasteiger partial charge in [0.15, 0.2) is 0 Å². The van der Waals surface area contributed by atoms with Crippen LogP contribution in [-0.4, -0.2) is 43.8 Å². The second kappa shape index (κ2) is 6.58. The van der Waals surface area contributed by atoms with Crippen LogP contribution in [0, 0.1) is 5.92 Å². The van der Waals surface area contributed by atoms with Crippen molar-refractivity contribution in [1.29, 1.82) is 0 Å². The zero-order chi connectivity index (χ0) is 19.1. The summed E-state index contributed by atoms with van der Waals surface area (Å²) in [4.78, 5) is 19.6. The Balaban J connectivity index is 1.39. The minimum atomic E-state index is -0.206. The monoisotopic (exact) mass is 377 g/mol. The summed E-state index contributed by atoms with van der Waals surface area (Å²) in [5.41, 5.74) is 1.67. The molecule has 0 N–H and O–H groups in total. The maximum atomic E-state index is 12.9. The quantitative estimate of drug-likeness (QED) is 0.698. The number of benzene rings is 1. The molecule has 28 heavy (non-hydrogen) atoms. The predicted octanol–water partition coefficient (Wildman–Crippen LogP) is 2.59. The maximum Gasteiger partial charge on any atom is 0.235 e. The van der Waals surface area contributed by atoms with Crippen molar-refractivity contribution in [1.82, 2.24) is 24.8 Å². The fourth-order valence-corrected chi connectivity index (χ4v) is 4.80. The summed E-state index contributed by atoms with van der Waals surface area (Å²) in [7, 11) is 1.87. The first-order chi connectivity index (χ1) is 13.7. The number of amides is 1. The van der Waals surface area contributed by atoms with Crippen molar-refractivity contribution in [2.75, 3.05) is 13.1 Å². The fourth-order valence-electron chi connectivity index (χ4n) is 4.80. The summed E-state index contributed by atoms with van der Waals surface area (Å²) in [5, 5.41) is 8.39. The van der Waals surface area contributed by atoms with Crippen LogP contribution in [0.4, 0.5) is 0 Å². The van der Waals surface area contributed by atoms with Crippen LogP contribution in [0.2, 0.25) is 0 Å². The number of carbonyl (C=O) groups excluding carboxylic acids is 1. The molecule has 1 aromatic carbocycles. The van der Waals surface area contributed by atoms with E-state index < -0.39 is 0 Å². The van der Waals surface area contributed by atoms with E-state index in [4.69, 9.17) is 9.51 Å². The Hall–Kier alpha value is -2.96. The lowest BCUT2D eigenvalue weighted by atomic mass is 9.80. The van der Waals surface area contributed by atoms with Crippen molar-refractivity contribution in [3.05, 3.63) is 54.2 Å². The maximum absolute atomic E-state index is 12.9. The van der Waals surface area contributed by atoms with Gasteiger partial charge in [-0.15, -0.1) is 0 Å². The number of likely N-dealkylation sites (tertiary alicyclic amines) is 1. The molecule has 0 unspecified atom stereocenters. The number of fused-ring (bicyclic) bond motifs is 1. The molecule has 1 saturated heterocycles. The van der Waals surface area contributed by atoms with Crippen molar-refractivity contribution >= 4 is 5.91 Å². The summed E-state index contributed by atoms with van der Waals surface area (Å²) in [5.74, 6) is 1.83. The summed E-state index contributed by atoms with van der Waals surface area (Å²) >= 11 is 0. The van der Waals surface area contributed by atoms with Gasteiger partial charge in [0.1, 0.15) is 0 Å². The molecule has 2 aliphatic rings. The summed E-state index contributed by atoms with van der Waals surface area (Å²) in [6.45, 7) is 1.42. The Kier molecular flexibility index (Phi) is 4.03. The van der Waals surface area contributed by atoms with Crippen LogP contribution in [0.15, 0.2) is 47.1 Å². The molecule has 1 aliphatic heterocycles. The molecule has 0 radical (unpaired) electrons. The molecule has 3 aromatic rings. The van der Waals surface area contributed by atoms with E-state index in [0.717, 1.165) is 37.1 Å². The van der Waals surface area contributed by atoms with Crippen LogP contribution in [0.3, 0.4) is 0 Å². The molecule has 7 nitrogen and oxygen atoms in total. The predicted molar refractivity (Wildman–Crippen MR) is 102 cm³/mol. The molecule has 144 valence electrons. The Bertz CT molecular complexity index is 995. The van der Waals surface area contributed by atoms with Crippen LogP contribution < -0.4 is 0 Å². The van der Waals surface area contributed by atoms with Crippen LogP contribution in [0.25, 0.3) is 11.4 Å². The summed E-state index contributed by atoms with van der Waals surface area (Å²) in [6.07, 6.45) is 5.32. The second-order valence-electron chi connectivity index (χ2n) is 7.93. The van der Waals surface area contributed by atoms with Crippen molar-refractivity contribution < 1.29 is 9.32 Å². The minimum Gasteiger partial charge on any atom is -0.341 e. The number of hydrogen-bond acceptors (Lipinski definition) is 5. The lowest BCUT2D eigenvalue weighted by Crippen LogP contribution is -2.35. The van der Waals surface area contributed by atoms with Gasteiger partial charge in [0.05, 0.1) is 11.8 Å². The molecule has 2 aromatic heterocycles. The Morgan fingerprint density at radius 3 is 2.93 bits per heavy atom. The molecule has 1 saturated carbocycles. The third-order valence-corrected chi connectivity index (χ3v) is 6.36. The first-order valence-electron chi connectivity index (χ1n) is 9.80. The van der Waals surface area contributed by atoms with E-state index >= 15 is 0 Å². The van der Waals surface area contributed by atoms with E-state index in [9.17, 15) is 4.79 Å². The fraction of sp³-hybridized carbons (Fsp3) is 0.429. The first-order valence-corrected chi connectivity index (χ1v) is 9.80. The lowest BCUT2D eigenvalue weighted by molar-refractivity contribution is -0.129. The highest BCUT2D eigenvalue weighted by molar-refractivity contribution is 5.79. The molecule has 1 aliphatic carbocycles. The molecule has 5 rings (SSSR count). The molecule has 0 bridgehead atoms. The molecule has 3 heterocycles. The molecular weight excluding hydrogens is 354 g/mol. The highest BCUT2D eigenvalue weighted by atomic mass is 16.5. The second-order valence-corrected chi connectivity index (χ2v) is 7.93. The summed E-state index contributed by atoms with van der Waals surface area (Å²) in [6, 6.07) is 11.8. The van der Waals surface area contributed by atoms with Gasteiger partial charge in [-0.3, -0.25) is 9.48 Å². The topological polar surface area (TPSA) is 77.1 Å². The van der Waals surface area contributed by atoms with Crippen LogP contribution >= 0.6 is 0 Å². The Labute approximate surface area is 163 Å². The van der Waals surface area contributed by atoms with Crippen LogP contribution in [0.1, 0.15) is 30.8 Å². The van der Waals surface area contributed by atoms with Gasteiger partial charge in [-0.2, -0.15) is 10.1 Å². The van der Waals surface area contributed by atoms with E-state index in [1.807, 2.05) is 48.3 Å². The van der Waals surface area contributed by atoms with E-state index in [2.05, 4.69) is 10.3 Å². The molecule has 2 fully saturated rings. The molecular formula is C21H23N5O2. The highest BCUT2D eigenvalue weighted by Crippen LogP contribution is 2.50. The zero-order valence-corrected chi connectivity index (χ0v) is 15.9. The largest absolute Gasteiger partial charge is 0.341 e. The standard InChI is InChI=1S/C21H23N5O2/c1-25-17(9-11-22-25)12-18(27)26-13-16-8-5-10-21(16,14-26)20-23-19(24-28-20)15-6-3-2-4-7-15/h2-4,6-7,9,11,16H,5,8,10,12-14H2,1H3/t16-,21-/m1/s1. The van der Waals surface area contributed by atoms with E-state index in [1.54, 1.807) is 10.9 Å². The van der Waals surface area contributed by atoms with Crippen molar-refractivity contribution in [2.24, 2.45) is 13.0 Å². The van der Waals surface area contributed by atoms with Gasteiger partial charge in [-0.1, -0.05) is 41.9 Å². The number of nitrogens with zero attached hydrogens (tertiary/aromatic N) is 5. The number of hydrogen-bond donors (Lipinski definition) is 0. The van der Waals surface area contributed by atoms with Crippen LogP contribution in [-0.2, 0) is 23.7 Å². The van der Waals surface area contributed by atoms with Gasteiger partial charge in [0, 0.05) is 37.6 Å². The van der Waals surface area contributed by atoms with Gasteiger partial charge in [-0.05, 0) is 24.8 Å². The summed E-state index contributed by atoms with van der Waals surface area (Å²) < 4.78 is 7.51. The number of carbonyl (C=O) groups is 1. The third kappa shape index (κ3) is 2.73. The molecule has 1 amide bonds. The zero-order valence-electron chi connectivity index (χ0n) is 15.9. The van der Waals surface area contributed by atoms with Gasteiger partial charge in [0.2, 0.25) is 17.6 Å². The number of aromatic nitrogens is 4. The average Bonchev–Trinajstić information content (AvgIpc) is 3.46. The van der Waals surface area contributed by atoms with Gasteiger partial charge >= 0.3 is 0 Å². The average molecular weight is 377 g/mol. The first kappa shape index (κ1) is 17.2. The Morgan fingerprint density at radius 1 is 1.29 bits per heavy atom. The van der Waals surface area contributed by atoms with Gasteiger partial charge in [0.25, 0.3) is 0 Å². The van der Waals surface area contributed by atoms with Crippen LogP contribution in [0.5, 0.6) is 0 Å². The van der Waals surface area contributed by atoms with Gasteiger partial charge < -0.3 is 9.42 Å². The number of aryl methyl sites for hydroxylation is 1. The highest BCUT2D eigenvalue weighted by Gasteiger charge is 2.55. The van der Waals surface area contributed by atoms with Crippen molar-refractivity contribution in [3.63, 3.8) is 0 Å². The van der Waals surface area contributed by atoms with E-state index in [0.29, 0.717) is 30.6 Å². The van der Waals surface area contributed by atoms with Gasteiger partial charge in [-0.25, -0.2) is 0 Å². The molecule has 7 heteroatoms. The van der Waals surface area contributed by atoms with E-state index in [1.165, 1.54) is 0 Å². The smallest absolute Gasteiger partial charge is 0.235 e. The molecule has 2 atom stereocenters. The minimum absolute atomic E-state index is 0.139. The normalized spacial score (nSPS) is 23.9. The van der Waals surface area contributed by atoms with E-state index in [-0.39, 0.29) is 11.3 Å². The lowest BCUT2D eigenvalue weighted by Gasteiger charge is -2.24. The third-order valence-electron chi connectivity index (χ3n) is 6.36. The SMILES string of the molecule is Cn1nccc1CC(=O)N1C[C@H]2CCC[C@@]2(c2nc(-c3ccccc3)no2)C1. The Morgan fingerprint density at radius 2 is 2.14 bits per heavy atom. The molecule has 0 spiro atoms. The van der Waals surface area contributed by atoms with Crippen molar-refractivity contribution in [3.8, 4) is 11.4 Å².